The molecule has 38 heavy (non-hydrogen) atoms. The van der Waals surface area contributed by atoms with E-state index in [1.807, 2.05) is 23.1 Å². The largest absolute Gasteiger partial charge is 0.507 e. The van der Waals surface area contributed by atoms with E-state index >= 15 is 0 Å². The van der Waals surface area contributed by atoms with E-state index in [0.717, 1.165) is 37.6 Å². The maximum atomic E-state index is 11.6. The topological polar surface area (TPSA) is 142 Å². The Bertz CT molecular complexity index is 1460. The van der Waals surface area contributed by atoms with Crippen LogP contribution in [0.5, 0.6) is 5.75 Å². The van der Waals surface area contributed by atoms with Crippen molar-refractivity contribution in [2.45, 2.75) is 6.42 Å². The maximum absolute atomic E-state index is 11.6. The molecular weight excluding hydrogens is 504 g/mol. The number of rotatable bonds is 4. The fourth-order valence-corrected chi connectivity index (χ4v) is 5.85. The number of phenols is 1. The molecule has 0 atom stereocenters. The molecule has 198 valence electrons. The molecule has 3 N–H and O–H groups in total. The van der Waals surface area contributed by atoms with Crippen LogP contribution in [0, 0.1) is 11.8 Å². The van der Waals surface area contributed by atoms with Crippen molar-refractivity contribution < 1.29 is 13.5 Å². The Labute approximate surface area is 222 Å². The van der Waals surface area contributed by atoms with Gasteiger partial charge in [-0.05, 0) is 36.6 Å². The van der Waals surface area contributed by atoms with Crippen LogP contribution in [0.4, 0.5) is 17.3 Å². The van der Waals surface area contributed by atoms with Crippen LogP contribution in [0.15, 0.2) is 42.6 Å². The molecule has 2 aliphatic heterocycles. The van der Waals surface area contributed by atoms with Crippen LogP contribution in [0.1, 0.15) is 12.2 Å². The summed E-state index contributed by atoms with van der Waals surface area (Å²) in [5, 5.41) is 18.6. The van der Waals surface area contributed by atoms with E-state index in [9.17, 15) is 13.5 Å². The summed E-state index contributed by atoms with van der Waals surface area (Å²) in [7, 11) is -2.90. The van der Waals surface area contributed by atoms with Crippen molar-refractivity contribution in [3.63, 3.8) is 0 Å². The third-order valence-electron chi connectivity index (χ3n) is 6.72. The fraction of sp³-hybridized carbons (Fsp3) is 0.385. The Morgan fingerprint density at radius 1 is 0.974 bits per heavy atom. The van der Waals surface area contributed by atoms with Crippen molar-refractivity contribution in [2.24, 2.45) is 0 Å². The molecule has 11 nitrogen and oxygen atoms in total. The predicted molar refractivity (Wildman–Crippen MR) is 147 cm³/mol. The Hall–Kier alpha value is -3.95. The molecule has 12 heteroatoms. The average molecular weight is 535 g/mol. The Kier molecular flexibility index (Phi) is 7.57. The van der Waals surface area contributed by atoms with Gasteiger partial charge in [0.15, 0.2) is 15.7 Å². The first-order valence-corrected chi connectivity index (χ1v) is 14.4. The van der Waals surface area contributed by atoms with Crippen molar-refractivity contribution in [1.29, 1.82) is 0 Å². The van der Waals surface area contributed by atoms with E-state index in [0.29, 0.717) is 49.1 Å². The molecule has 2 fully saturated rings. The highest BCUT2D eigenvalue weighted by atomic mass is 32.2. The molecule has 0 aliphatic carbocycles. The molecular formula is C26H30N8O3S. The maximum Gasteiger partial charge on any atom is 0.206 e. The minimum atomic E-state index is -2.90. The number of hydrogen-bond acceptors (Lipinski definition) is 11. The number of nitrogens with zero attached hydrogens (tertiary/aromatic N) is 7. The fourth-order valence-electron chi connectivity index (χ4n) is 4.58. The zero-order valence-corrected chi connectivity index (χ0v) is 21.8. The summed E-state index contributed by atoms with van der Waals surface area (Å²) in [4.78, 5) is 15.4. The molecule has 0 radical (unpaired) electrons. The molecule has 2 aromatic heterocycles. The van der Waals surface area contributed by atoms with Crippen LogP contribution in [-0.4, -0.2) is 95.9 Å². The summed E-state index contributed by atoms with van der Waals surface area (Å²) in [6.45, 7) is 4.54. The monoisotopic (exact) mass is 534 g/mol. The molecule has 2 saturated heterocycles. The van der Waals surface area contributed by atoms with Gasteiger partial charge >= 0.3 is 0 Å². The molecule has 0 unspecified atom stereocenters. The molecule has 0 amide bonds. The van der Waals surface area contributed by atoms with Crippen molar-refractivity contribution in [2.75, 3.05) is 72.9 Å². The van der Waals surface area contributed by atoms with Crippen LogP contribution in [0.3, 0.4) is 0 Å². The van der Waals surface area contributed by atoms with Crippen LogP contribution in [-0.2, 0) is 9.84 Å². The van der Waals surface area contributed by atoms with Gasteiger partial charge in [-0.3, -0.25) is 4.90 Å². The van der Waals surface area contributed by atoms with Gasteiger partial charge in [0.05, 0.1) is 29.4 Å². The van der Waals surface area contributed by atoms with Crippen LogP contribution < -0.4 is 15.5 Å². The standard InChI is InChI=1S/C26H30N8O3S/c27-26-22(19-21(30-31-26)20-5-1-2-6-23(20)35)33-11-4-12-34(14-13-33)25-8-9-28-24(29-25)7-3-10-32-15-17-38(36,37)18-16-32/h1-2,5-6,8-9,19,35H,4,10-18H2,(H2,27,31). The third kappa shape index (κ3) is 6.12. The Balaban J connectivity index is 1.24. The highest BCUT2D eigenvalue weighted by molar-refractivity contribution is 7.91. The molecule has 3 aromatic rings. The molecule has 2 aliphatic rings. The second-order valence-electron chi connectivity index (χ2n) is 9.31. The summed E-state index contributed by atoms with van der Waals surface area (Å²) >= 11 is 0. The molecule has 0 saturated carbocycles. The first-order chi connectivity index (χ1) is 18.4. The van der Waals surface area contributed by atoms with E-state index in [4.69, 9.17) is 5.73 Å². The lowest BCUT2D eigenvalue weighted by Crippen LogP contribution is -2.40. The van der Waals surface area contributed by atoms with Gasteiger partial charge in [0.2, 0.25) is 5.82 Å². The smallest absolute Gasteiger partial charge is 0.206 e. The van der Waals surface area contributed by atoms with E-state index < -0.39 is 9.84 Å². The van der Waals surface area contributed by atoms with E-state index in [-0.39, 0.29) is 17.3 Å². The highest BCUT2D eigenvalue weighted by Crippen LogP contribution is 2.31. The highest BCUT2D eigenvalue weighted by Gasteiger charge is 2.21. The lowest BCUT2D eigenvalue weighted by molar-refractivity contribution is 0.332. The van der Waals surface area contributed by atoms with Gasteiger partial charge in [0, 0.05) is 51.0 Å². The lowest BCUT2D eigenvalue weighted by atomic mass is 10.1. The number of nitrogen functional groups attached to an aromatic ring is 1. The second kappa shape index (κ2) is 11.2. The summed E-state index contributed by atoms with van der Waals surface area (Å²) in [6, 6.07) is 10.8. The van der Waals surface area contributed by atoms with Crippen LogP contribution in [0.2, 0.25) is 0 Å². The normalized spacial score (nSPS) is 17.9. The van der Waals surface area contributed by atoms with Gasteiger partial charge in [-0.1, -0.05) is 18.1 Å². The van der Waals surface area contributed by atoms with E-state index in [1.54, 1.807) is 24.4 Å². The molecule has 5 rings (SSSR count). The molecule has 0 spiro atoms. The van der Waals surface area contributed by atoms with Crippen LogP contribution in [0.25, 0.3) is 11.3 Å². The lowest BCUT2D eigenvalue weighted by Gasteiger charge is -2.25. The minimum absolute atomic E-state index is 0.145. The number of aromatic nitrogens is 4. The Morgan fingerprint density at radius 2 is 1.74 bits per heavy atom. The predicted octanol–water partition coefficient (Wildman–Crippen LogP) is 1.02. The second-order valence-corrected chi connectivity index (χ2v) is 11.6. The number of aromatic hydroxyl groups is 1. The molecule has 0 bridgehead atoms. The first-order valence-electron chi connectivity index (χ1n) is 12.5. The van der Waals surface area contributed by atoms with Crippen molar-refractivity contribution in [1.82, 2.24) is 25.1 Å². The number of sulfone groups is 1. The quantitative estimate of drug-likeness (QED) is 0.463. The molecule has 1 aromatic carbocycles. The van der Waals surface area contributed by atoms with Gasteiger partial charge < -0.3 is 20.6 Å². The number of hydrogen-bond donors (Lipinski definition) is 2. The summed E-state index contributed by atoms with van der Waals surface area (Å²) in [5.74, 6) is 8.23. The summed E-state index contributed by atoms with van der Waals surface area (Å²) < 4.78 is 23.2. The minimum Gasteiger partial charge on any atom is -0.507 e. The zero-order valence-electron chi connectivity index (χ0n) is 21.0. The van der Waals surface area contributed by atoms with Gasteiger partial charge in [-0.25, -0.2) is 18.4 Å². The molecule has 4 heterocycles. The summed E-state index contributed by atoms with van der Waals surface area (Å²) in [5.41, 5.74) is 8.17. The van der Waals surface area contributed by atoms with Crippen molar-refractivity contribution in [3.8, 4) is 28.8 Å². The third-order valence-corrected chi connectivity index (χ3v) is 8.33. The van der Waals surface area contributed by atoms with E-state index in [1.165, 1.54) is 0 Å². The first kappa shape index (κ1) is 25.7. The van der Waals surface area contributed by atoms with Gasteiger partial charge in [0.25, 0.3) is 0 Å². The average Bonchev–Trinajstić information content (AvgIpc) is 3.17. The Morgan fingerprint density at radius 3 is 2.55 bits per heavy atom. The van der Waals surface area contributed by atoms with Crippen molar-refractivity contribution in [3.05, 3.63) is 48.4 Å². The number of phenolic OH excluding ortho intramolecular Hbond substituents is 1. The number of benzene rings is 1. The van der Waals surface area contributed by atoms with Crippen molar-refractivity contribution >= 4 is 27.2 Å². The van der Waals surface area contributed by atoms with Crippen LogP contribution >= 0.6 is 0 Å². The van der Waals surface area contributed by atoms with Gasteiger partial charge in [0.1, 0.15) is 11.6 Å². The number of nitrogens with two attached hydrogens (primary N) is 1. The van der Waals surface area contributed by atoms with E-state index in [2.05, 4.69) is 41.8 Å². The number of para-hydroxylation sites is 1. The van der Waals surface area contributed by atoms with Gasteiger partial charge in [-0.2, -0.15) is 0 Å². The summed E-state index contributed by atoms with van der Waals surface area (Å²) in [6.07, 6.45) is 2.60. The SMILES string of the molecule is Nc1nnc(-c2ccccc2O)cc1N1CCCN(c2ccnc(C#CCN3CCS(=O)(=O)CC3)n2)CC1. The van der Waals surface area contributed by atoms with Gasteiger partial charge in [-0.15, -0.1) is 10.2 Å². The number of anilines is 3. The zero-order chi connectivity index (χ0) is 26.5.